The second-order valence-electron chi connectivity index (χ2n) is 7.88. The molecule has 3 nitrogen and oxygen atoms in total. The van der Waals surface area contributed by atoms with Gasteiger partial charge >= 0.3 is 0 Å². The Bertz CT molecular complexity index is 1470. The molecule has 0 N–H and O–H groups in total. The van der Waals surface area contributed by atoms with Gasteiger partial charge in [-0.3, -0.25) is 4.79 Å². The van der Waals surface area contributed by atoms with Crippen molar-refractivity contribution in [3.8, 4) is 22.7 Å². The van der Waals surface area contributed by atoms with Crippen molar-refractivity contribution in [3.05, 3.63) is 130 Å². The fourth-order valence-corrected chi connectivity index (χ4v) is 4.26. The van der Waals surface area contributed by atoms with Crippen LogP contribution < -0.4 is 10.2 Å². The predicted octanol–water partition coefficient (Wildman–Crippen LogP) is 6.40. The van der Waals surface area contributed by atoms with Crippen LogP contribution in [0.5, 0.6) is 5.75 Å². The third kappa shape index (κ3) is 3.92. The van der Waals surface area contributed by atoms with Gasteiger partial charge in [-0.1, -0.05) is 42.5 Å². The van der Waals surface area contributed by atoms with Crippen molar-refractivity contribution in [1.82, 2.24) is 4.57 Å². The van der Waals surface area contributed by atoms with E-state index in [9.17, 15) is 9.18 Å². The molecule has 0 radical (unpaired) electrons. The summed E-state index contributed by atoms with van der Waals surface area (Å²) in [5.41, 5.74) is 4.91. The Morgan fingerprint density at radius 3 is 2.15 bits per heavy atom. The topological polar surface area (TPSA) is 31.2 Å². The molecule has 0 aliphatic rings. The van der Waals surface area contributed by atoms with Crippen LogP contribution in [0, 0.1) is 5.82 Å². The molecule has 33 heavy (non-hydrogen) atoms. The average Bonchev–Trinajstić information content (AvgIpc) is 2.87. The van der Waals surface area contributed by atoms with Crippen molar-refractivity contribution in [1.29, 1.82) is 0 Å². The van der Waals surface area contributed by atoms with Crippen LogP contribution in [-0.2, 0) is 6.42 Å². The summed E-state index contributed by atoms with van der Waals surface area (Å²) < 4.78 is 21.2. The smallest absolute Gasteiger partial charge is 0.193 e. The van der Waals surface area contributed by atoms with Crippen molar-refractivity contribution in [3.63, 3.8) is 0 Å². The van der Waals surface area contributed by atoms with Gasteiger partial charge in [-0.15, -0.1) is 0 Å². The first-order valence-corrected chi connectivity index (χ1v) is 10.8. The molecular formula is C29H22FNO2. The monoisotopic (exact) mass is 435 g/mol. The van der Waals surface area contributed by atoms with E-state index in [1.165, 1.54) is 12.1 Å². The highest BCUT2D eigenvalue weighted by Gasteiger charge is 2.20. The maximum absolute atomic E-state index is 13.8. The van der Waals surface area contributed by atoms with Crippen molar-refractivity contribution in [2.24, 2.45) is 0 Å². The quantitative estimate of drug-likeness (QED) is 0.320. The van der Waals surface area contributed by atoms with Gasteiger partial charge in [-0.2, -0.15) is 0 Å². The van der Waals surface area contributed by atoms with Gasteiger partial charge in [0.15, 0.2) is 5.43 Å². The van der Waals surface area contributed by atoms with Crippen LogP contribution in [-0.4, -0.2) is 11.7 Å². The van der Waals surface area contributed by atoms with E-state index in [1.807, 2.05) is 78.9 Å². The van der Waals surface area contributed by atoms with Crippen LogP contribution in [0.1, 0.15) is 11.1 Å². The molecule has 0 bridgehead atoms. The number of pyridine rings is 1. The Morgan fingerprint density at radius 1 is 0.788 bits per heavy atom. The van der Waals surface area contributed by atoms with E-state index in [-0.39, 0.29) is 11.2 Å². The summed E-state index contributed by atoms with van der Waals surface area (Å²) in [4.78, 5) is 13.8. The molecule has 0 aliphatic heterocycles. The fraction of sp³-hybridized carbons (Fsp3) is 0.0690. The van der Waals surface area contributed by atoms with E-state index < -0.39 is 0 Å². The molecule has 0 unspecified atom stereocenters. The fourth-order valence-electron chi connectivity index (χ4n) is 4.26. The molecule has 0 spiro atoms. The SMILES string of the molecule is COc1ccc(-n2c(-c3ccc(F)cc3)c(Cc3ccccc3)c(=O)c3ccccc32)cc1. The van der Waals surface area contributed by atoms with Crippen molar-refractivity contribution < 1.29 is 9.13 Å². The van der Waals surface area contributed by atoms with Gasteiger partial charge in [0.1, 0.15) is 11.6 Å². The molecule has 0 atom stereocenters. The summed E-state index contributed by atoms with van der Waals surface area (Å²) in [7, 11) is 1.63. The lowest BCUT2D eigenvalue weighted by Crippen LogP contribution is -2.18. The lowest BCUT2D eigenvalue weighted by atomic mass is 9.96. The lowest BCUT2D eigenvalue weighted by Gasteiger charge is -2.21. The molecule has 5 rings (SSSR count). The molecular weight excluding hydrogens is 413 g/mol. The van der Waals surface area contributed by atoms with Crippen molar-refractivity contribution >= 4 is 10.9 Å². The third-order valence-electron chi connectivity index (χ3n) is 5.85. The second kappa shape index (κ2) is 8.75. The van der Waals surface area contributed by atoms with E-state index in [4.69, 9.17) is 4.74 Å². The Hall–Kier alpha value is -4.18. The van der Waals surface area contributed by atoms with Gasteiger partial charge in [-0.05, 0) is 71.8 Å². The van der Waals surface area contributed by atoms with Crippen LogP contribution >= 0.6 is 0 Å². The molecule has 0 aliphatic carbocycles. The number of ether oxygens (including phenoxy) is 1. The molecule has 0 amide bonds. The number of aromatic nitrogens is 1. The number of hydrogen-bond donors (Lipinski definition) is 0. The molecule has 4 aromatic carbocycles. The zero-order chi connectivity index (χ0) is 22.8. The van der Waals surface area contributed by atoms with Crippen molar-refractivity contribution in [2.75, 3.05) is 7.11 Å². The zero-order valence-electron chi connectivity index (χ0n) is 18.2. The first-order chi connectivity index (χ1) is 16.2. The van der Waals surface area contributed by atoms with Crippen LogP contribution in [0.2, 0.25) is 0 Å². The maximum atomic E-state index is 13.8. The van der Waals surface area contributed by atoms with E-state index >= 15 is 0 Å². The summed E-state index contributed by atoms with van der Waals surface area (Å²) >= 11 is 0. The van der Waals surface area contributed by atoms with E-state index in [1.54, 1.807) is 19.2 Å². The molecule has 0 fully saturated rings. The summed E-state index contributed by atoms with van der Waals surface area (Å²) in [5.74, 6) is 0.430. The van der Waals surface area contributed by atoms with Crippen molar-refractivity contribution in [2.45, 2.75) is 6.42 Å². The number of halogens is 1. The van der Waals surface area contributed by atoms with Gasteiger partial charge < -0.3 is 9.30 Å². The summed E-state index contributed by atoms with van der Waals surface area (Å²) in [6.07, 6.45) is 0.466. The Morgan fingerprint density at radius 2 is 1.45 bits per heavy atom. The van der Waals surface area contributed by atoms with Gasteiger partial charge in [-0.25, -0.2) is 4.39 Å². The third-order valence-corrected chi connectivity index (χ3v) is 5.85. The van der Waals surface area contributed by atoms with Crippen LogP contribution in [0.4, 0.5) is 4.39 Å². The molecule has 4 heteroatoms. The largest absolute Gasteiger partial charge is 0.497 e. The molecule has 5 aromatic rings. The number of methoxy groups -OCH3 is 1. The minimum absolute atomic E-state index is 0.0152. The highest BCUT2D eigenvalue weighted by molar-refractivity contribution is 5.86. The summed E-state index contributed by atoms with van der Waals surface area (Å²) in [5, 5.41) is 0.644. The highest BCUT2D eigenvalue weighted by Crippen LogP contribution is 2.32. The van der Waals surface area contributed by atoms with E-state index in [2.05, 4.69) is 4.57 Å². The normalized spacial score (nSPS) is 11.0. The highest BCUT2D eigenvalue weighted by atomic mass is 19.1. The Labute approximate surface area is 191 Å². The Kier molecular flexibility index (Phi) is 5.49. The number of nitrogens with zero attached hydrogens (tertiary/aromatic N) is 1. The minimum Gasteiger partial charge on any atom is -0.497 e. The number of hydrogen-bond acceptors (Lipinski definition) is 2. The first kappa shape index (κ1) is 20.7. The van der Waals surface area contributed by atoms with Crippen LogP contribution in [0.15, 0.2) is 108 Å². The number of fused-ring (bicyclic) bond motifs is 1. The Balaban J connectivity index is 1.89. The van der Waals surface area contributed by atoms with Crippen LogP contribution in [0.3, 0.4) is 0 Å². The second-order valence-corrected chi connectivity index (χ2v) is 7.88. The average molecular weight is 435 g/mol. The number of para-hydroxylation sites is 1. The number of rotatable bonds is 5. The standard InChI is InChI=1S/C29H22FNO2/c1-33-24-17-15-23(16-18-24)31-27-10-6-5-9-25(27)29(32)26(19-20-7-3-2-4-8-20)28(31)21-11-13-22(30)14-12-21/h2-18H,19H2,1H3. The molecule has 1 heterocycles. The zero-order valence-corrected chi connectivity index (χ0v) is 18.2. The predicted molar refractivity (Wildman–Crippen MR) is 131 cm³/mol. The van der Waals surface area contributed by atoms with Gasteiger partial charge in [0.05, 0.1) is 18.3 Å². The molecule has 162 valence electrons. The maximum Gasteiger partial charge on any atom is 0.193 e. The van der Waals surface area contributed by atoms with E-state index in [0.717, 1.165) is 33.8 Å². The molecule has 0 saturated carbocycles. The lowest BCUT2D eigenvalue weighted by molar-refractivity contribution is 0.415. The molecule has 1 aromatic heterocycles. The summed E-state index contributed by atoms with van der Waals surface area (Å²) in [6, 6.07) is 31.6. The van der Waals surface area contributed by atoms with Gasteiger partial charge in [0.25, 0.3) is 0 Å². The summed E-state index contributed by atoms with van der Waals surface area (Å²) in [6.45, 7) is 0. The molecule has 0 saturated heterocycles. The van der Waals surface area contributed by atoms with E-state index in [0.29, 0.717) is 17.4 Å². The van der Waals surface area contributed by atoms with Gasteiger partial charge in [0.2, 0.25) is 0 Å². The van der Waals surface area contributed by atoms with Gasteiger partial charge in [0, 0.05) is 23.1 Å². The minimum atomic E-state index is -0.317. The van der Waals surface area contributed by atoms with Crippen LogP contribution in [0.25, 0.3) is 27.8 Å². The number of benzene rings is 4. The first-order valence-electron chi connectivity index (χ1n) is 10.8.